The van der Waals surface area contributed by atoms with Gasteiger partial charge in [0.1, 0.15) is 6.61 Å². The third-order valence-electron chi connectivity index (χ3n) is 0.308. The Morgan fingerprint density at radius 3 is 2.14 bits per heavy atom. The number of halogens is 3. The molecule has 0 rings (SSSR count). The summed E-state index contributed by atoms with van der Waals surface area (Å²) in [6.07, 6.45) is 0. The minimum absolute atomic E-state index is 0.506. The first kappa shape index (κ1) is 7.55. The van der Waals surface area contributed by atoms with E-state index in [1.54, 1.807) is 0 Å². The van der Waals surface area contributed by atoms with Gasteiger partial charge in [0.25, 0.3) is 0 Å². The molecule has 0 saturated heterocycles. The lowest BCUT2D eigenvalue weighted by atomic mass is 10.8. The van der Waals surface area contributed by atoms with E-state index in [9.17, 15) is 8.78 Å². The average Bonchev–Trinajstić information content (AvgIpc) is 1.30. The Balaban J connectivity index is 3.15. The zero-order valence-corrected chi connectivity index (χ0v) is 5.91. The van der Waals surface area contributed by atoms with E-state index in [1.807, 2.05) is 0 Å². The van der Waals surface area contributed by atoms with Crippen molar-refractivity contribution in [1.29, 1.82) is 0 Å². The smallest absolute Gasteiger partial charge is 0.319 e. The van der Waals surface area contributed by atoms with Crippen molar-refractivity contribution >= 4 is 22.6 Å². The van der Waals surface area contributed by atoms with E-state index in [4.69, 9.17) is 0 Å². The summed E-state index contributed by atoms with van der Waals surface area (Å²) < 4.78 is 24.6. The second-order valence-electron chi connectivity index (χ2n) is 1.05. The first-order valence-electron chi connectivity index (χ1n) is 1.62. The van der Waals surface area contributed by atoms with Crippen LogP contribution in [0, 0.1) is 0 Å². The Hall–Kier alpha value is 0.550. The number of hydrogen-bond acceptors (Lipinski definition) is 1. The van der Waals surface area contributed by atoms with Crippen LogP contribution in [0.4, 0.5) is 8.78 Å². The SMILES string of the molecule is COCC(F)(F)I. The maximum atomic E-state index is 11.6. The van der Waals surface area contributed by atoms with Gasteiger partial charge in [0.05, 0.1) is 0 Å². The van der Waals surface area contributed by atoms with Gasteiger partial charge < -0.3 is 4.74 Å². The molecule has 0 aromatic carbocycles. The molecular weight excluding hydrogens is 217 g/mol. The third-order valence-corrected chi connectivity index (χ3v) is 0.619. The first-order valence-corrected chi connectivity index (χ1v) is 2.70. The van der Waals surface area contributed by atoms with Crippen LogP contribution in [0.5, 0.6) is 0 Å². The van der Waals surface area contributed by atoms with Gasteiger partial charge in [-0.2, -0.15) is 8.78 Å². The lowest BCUT2D eigenvalue weighted by Gasteiger charge is -2.03. The summed E-state index contributed by atoms with van der Waals surface area (Å²) >= 11 is 1.02. The van der Waals surface area contributed by atoms with Crippen molar-refractivity contribution in [3.63, 3.8) is 0 Å². The highest BCUT2D eigenvalue weighted by molar-refractivity contribution is 14.1. The molecule has 4 heteroatoms. The molecule has 0 unspecified atom stereocenters. The molecule has 0 aromatic heterocycles. The van der Waals surface area contributed by atoms with Crippen LogP contribution in [0.1, 0.15) is 0 Å². The van der Waals surface area contributed by atoms with Crippen molar-refractivity contribution < 1.29 is 13.5 Å². The van der Waals surface area contributed by atoms with Crippen LogP contribution < -0.4 is 0 Å². The van der Waals surface area contributed by atoms with Crippen molar-refractivity contribution in [3.8, 4) is 0 Å². The Morgan fingerprint density at radius 2 is 2.14 bits per heavy atom. The van der Waals surface area contributed by atoms with Gasteiger partial charge in [0, 0.05) is 29.7 Å². The van der Waals surface area contributed by atoms with Gasteiger partial charge in [-0.15, -0.1) is 0 Å². The third kappa shape index (κ3) is 6.55. The van der Waals surface area contributed by atoms with Gasteiger partial charge in [0.15, 0.2) is 0 Å². The molecule has 0 bridgehead atoms. The predicted octanol–water partition coefficient (Wildman–Crippen LogP) is 1.66. The molecule has 0 aliphatic heterocycles. The van der Waals surface area contributed by atoms with Crippen LogP contribution in [0.3, 0.4) is 0 Å². The molecule has 0 radical (unpaired) electrons. The molecular formula is C3H5F2IO. The quantitative estimate of drug-likeness (QED) is 0.510. The molecule has 7 heavy (non-hydrogen) atoms. The predicted molar refractivity (Wildman–Crippen MR) is 30.8 cm³/mol. The van der Waals surface area contributed by atoms with E-state index >= 15 is 0 Å². The van der Waals surface area contributed by atoms with E-state index in [2.05, 4.69) is 4.74 Å². The maximum Gasteiger partial charge on any atom is 0.319 e. The number of rotatable bonds is 2. The molecule has 0 saturated carbocycles. The normalized spacial score (nSPS) is 12.0. The molecule has 44 valence electrons. The van der Waals surface area contributed by atoms with Crippen molar-refractivity contribution in [3.05, 3.63) is 0 Å². The summed E-state index contributed by atoms with van der Waals surface area (Å²) in [4.78, 5) is 0. The second kappa shape index (κ2) is 2.76. The van der Waals surface area contributed by atoms with E-state index in [1.165, 1.54) is 7.11 Å². The highest BCUT2D eigenvalue weighted by Crippen LogP contribution is 2.21. The van der Waals surface area contributed by atoms with Crippen LogP contribution in [0.15, 0.2) is 0 Å². The highest BCUT2D eigenvalue weighted by Gasteiger charge is 2.22. The van der Waals surface area contributed by atoms with Crippen molar-refractivity contribution in [2.45, 2.75) is 3.93 Å². The van der Waals surface area contributed by atoms with E-state index in [-0.39, 0.29) is 0 Å². The Morgan fingerprint density at radius 1 is 1.71 bits per heavy atom. The van der Waals surface area contributed by atoms with Gasteiger partial charge in [-0.05, 0) is 0 Å². The van der Waals surface area contributed by atoms with E-state index in [0.29, 0.717) is 0 Å². The topological polar surface area (TPSA) is 9.23 Å². The van der Waals surface area contributed by atoms with Gasteiger partial charge >= 0.3 is 3.93 Å². The van der Waals surface area contributed by atoms with Gasteiger partial charge in [-0.25, -0.2) is 0 Å². The molecule has 0 fully saturated rings. The number of hydrogen-bond donors (Lipinski definition) is 0. The van der Waals surface area contributed by atoms with Gasteiger partial charge in [-0.1, -0.05) is 0 Å². The van der Waals surface area contributed by atoms with Crippen molar-refractivity contribution in [2.75, 3.05) is 13.7 Å². The summed E-state index contributed by atoms with van der Waals surface area (Å²) in [5.41, 5.74) is 0. The van der Waals surface area contributed by atoms with Crippen LogP contribution in [-0.2, 0) is 4.74 Å². The lowest BCUT2D eigenvalue weighted by Crippen LogP contribution is -2.12. The van der Waals surface area contributed by atoms with E-state index < -0.39 is 10.5 Å². The minimum Gasteiger partial charge on any atom is -0.378 e. The zero-order valence-electron chi connectivity index (χ0n) is 3.75. The first-order chi connectivity index (χ1) is 3.06. The van der Waals surface area contributed by atoms with Crippen LogP contribution >= 0.6 is 22.6 Å². The molecule has 0 spiro atoms. The largest absolute Gasteiger partial charge is 0.378 e. The van der Waals surface area contributed by atoms with Crippen LogP contribution in [-0.4, -0.2) is 17.6 Å². The summed E-state index contributed by atoms with van der Waals surface area (Å²) in [5.74, 6) is 0. The summed E-state index contributed by atoms with van der Waals surface area (Å²) in [6.45, 7) is -0.506. The van der Waals surface area contributed by atoms with Gasteiger partial charge in [-0.3, -0.25) is 0 Å². The standard InChI is InChI=1S/C3H5F2IO/c1-7-2-3(4,5)6/h2H2,1H3. The van der Waals surface area contributed by atoms with Crippen LogP contribution in [0.25, 0.3) is 0 Å². The van der Waals surface area contributed by atoms with Crippen molar-refractivity contribution in [2.24, 2.45) is 0 Å². The summed E-state index contributed by atoms with van der Waals surface area (Å²) in [5, 5.41) is 0. The molecule has 0 amide bonds. The summed E-state index contributed by atoms with van der Waals surface area (Å²) in [6, 6.07) is 0. The minimum atomic E-state index is -2.70. The molecule has 0 aliphatic carbocycles. The van der Waals surface area contributed by atoms with Gasteiger partial charge in [0.2, 0.25) is 0 Å². The fourth-order valence-corrected chi connectivity index (χ4v) is 0.475. The molecule has 0 atom stereocenters. The number of methoxy groups -OCH3 is 1. The molecule has 0 N–H and O–H groups in total. The summed E-state index contributed by atoms with van der Waals surface area (Å²) in [7, 11) is 1.24. The van der Waals surface area contributed by atoms with Crippen LogP contribution in [0.2, 0.25) is 0 Å². The second-order valence-corrected chi connectivity index (χ2v) is 2.63. The lowest BCUT2D eigenvalue weighted by molar-refractivity contribution is 0.0280. The Kier molecular flexibility index (Phi) is 2.98. The zero-order chi connectivity index (χ0) is 5.91. The molecule has 0 aliphatic rings. The molecule has 0 heterocycles. The molecule has 0 aromatic rings. The number of alkyl halides is 3. The van der Waals surface area contributed by atoms with Crippen molar-refractivity contribution in [1.82, 2.24) is 0 Å². The fraction of sp³-hybridized carbons (Fsp3) is 1.00. The fourth-order valence-electron chi connectivity index (χ4n) is 0.164. The highest BCUT2D eigenvalue weighted by atomic mass is 127. The Labute approximate surface area is 54.2 Å². The molecule has 1 nitrogen and oxygen atoms in total. The maximum absolute atomic E-state index is 11.6. The monoisotopic (exact) mass is 222 g/mol. The number of ether oxygens (including phenoxy) is 1. The Bertz CT molecular complexity index is 51.4. The average molecular weight is 222 g/mol. The van der Waals surface area contributed by atoms with E-state index in [0.717, 1.165) is 22.6 Å².